The van der Waals surface area contributed by atoms with Gasteiger partial charge in [0.05, 0.1) is 18.1 Å². The van der Waals surface area contributed by atoms with Crippen molar-refractivity contribution in [1.29, 1.82) is 0 Å². The summed E-state index contributed by atoms with van der Waals surface area (Å²) in [5, 5.41) is 3.40. The molecule has 0 fully saturated rings. The van der Waals surface area contributed by atoms with E-state index in [1.165, 1.54) is 0 Å². The highest BCUT2D eigenvalue weighted by molar-refractivity contribution is 6.32. The Kier molecular flexibility index (Phi) is 5.84. The van der Waals surface area contributed by atoms with Crippen LogP contribution in [0.2, 0.25) is 5.02 Å². The van der Waals surface area contributed by atoms with Crippen molar-refractivity contribution in [2.75, 3.05) is 13.2 Å². The average Bonchev–Trinajstić information content (AvgIpc) is 2.29. The van der Waals surface area contributed by atoms with Crippen LogP contribution < -0.4 is 10.1 Å². The minimum Gasteiger partial charge on any atom is -0.491 e. The summed E-state index contributed by atoms with van der Waals surface area (Å²) in [5.41, 5.74) is 0. The molecule has 1 aromatic carbocycles. The zero-order chi connectivity index (χ0) is 12.7. The summed E-state index contributed by atoms with van der Waals surface area (Å²) in [5.74, 6) is 1.08. The van der Waals surface area contributed by atoms with Crippen LogP contribution in [0.5, 0.6) is 5.75 Å². The Morgan fingerprint density at radius 3 is 2.76 bits per heavy atom. The van der Waals surface area contributed by atoms with Crippen molar-refractivity contribution in [1.82, 2.24) is 5.32 Å². The van der Waals surface area contributed by atoms with Crippen LogP contribution in [0.15, 0.2) is 24.3 Å². The summed E-state index contributed by atoms with van der Waals surface area (Å²) in [6.07, 6.45) is 0.345. The average molecular weight is 256 g/mol. The van der Waals surface area contributed by atoms with Gasteiger partial charge in [-0.3, -0.25) is 4.79 Å². The molecule has 0 spiro atoms. The molecule has 3 nitrogen and oxygen atoms in total. The maximum absolute atomic E-state index is 11.4. The summed E-state index contributed by atoms with van der Waals surface area (Å²) in [4.78, 5) is 11.4. The fourth-order valence-corrected chi connectivity index (χ4v) is 1.41. The van der Waals surface area contributed by atoms with Crippen LogP contribution in [0.25, 0.3) is 0 Å². The molecule has 0 aliphatic heterocycles. The van der Waals surface area contributed by atoms with E-state index in [4.69, 9.17) is 16.3 Å². The number of hydrogen-bond acceptors (Lipinski definition) is 2. The molecule has 94 valence electrons. The summed E-state index contributed by atoms with van der Waals surface area (Å²) >= 11 is 5.92. The number of carbonyl (C=O) groups excluding carboxylic acids is 1. The number of carbonyl (C=O) groups is 1. The molecule has 1 N–H and O–H groups in total. The number of amides is 1. The normalized spacial score (nSPS) is 10.4. The Morgan fingerprint density at radius 1 is 1.41 bits per heavy atom. The molecule has 0 saturated carbocycles. The topological polar surface area (TPSA) is 38.3 Å². The Hall–Kier alpha value is -1.22. The van der Waals surface area contributed by atoms with Gasteiger partial charge in [0.2, 0.25) is 5.91 Å². The number of para-hydroxylation sites is 1. The molecule has 0 aromatic heterocycles. The standard InChI is InChI=1S/C13H18ClNO2/c1-10(2)9-15-13(16)7-8-17-12-6-4-3-5-11(12)14/h3-6,10H,7-9H2,1-2H3,(H,15,16). The van der Waals surface area contributed by atoms with Crippen molar-refractivity contribution in [3.63, 3.8) is 0 Å². The van der Waals surface area contributed by atoms with E-state index in [1.54, 1.807) is 12.1 Å². The molecule has 0 aliphatic carbocycles. The van der Waals surface area contributed by atoms with Crippen molar-refractivity contribution in [2.24, 2.45) is 5.92 Å². The van der Waals surface area contributed by atoms with Gasteiger partial charge >= 0.3 is 0 Å². The van der Waals surface area contributed by atoms with Gasteiger partial charge in [-0.05, 0) is 18.1 Å². The van der Waals surface area contributed by atoms with E-state index in [2.05, 4.69) is 19.2 Å². The monoisotopic (exact) mass is 255 g/mol. The van der Waals surface area contributed by atoms with Crippen molar-refractivity contribution in [3.8, 4) is 5.75 Å². The predicted molar refractivity (Wildman–Crippen MR) is 69.4 cm³/mol. The van der Waals surface area contributed by atoms with Crippen LogP contribution in [0.4, 0.5) is 0 Å². The van der Waals surface area contributed by atoms with E-state index in [1.807, 2.05) is 12.1 Å². The Labute approximate surface area is 107 Å². The summed E-state index contributed by atoms with van der Waals surface area (Å²) in [6.45, 7) is 5.15. The first-order valence-corrected chi connectivity index (χ1v) is 6.11. The highest BCUT2D eigenvalue weighted by Crippen LogP contribution is 2.22. The molecule has 0 radical (unpaired) electrons. The van der Waals surface area contributed by atoms with E-state index in [0.29, 0.717) is 36.3 Å². The molecule has 1 amide bonds. The van der Waals surface area contributed by atoms with Gasteiger partial charge < -0.3 is 10.1 Å². The molecule has 4 heteroatoms. The number of rotatable bonds is 6. The first kappa shape index (κ1) is 13.8. The van der Waals surface area contributed by atoms with E-state index >= 15 is 0 Å². The third kappa shape index (κ3) is 5.59. The molecule has 0 aliphatic rings. The van der Waals surface area contributed by atoms with Crippen molar-refractivity contribution in [2.45, 2.75) is 20.3 Å². The lowest BCUT2D eigenvalue weighted by atomic mass is 10.2. The maximum Gasteiger partial charge on any atom is 0.223 e. The van der Waals surface area contributed by atoms with Gasteiger partial charge in [-0.2, -0.15) is 0 Å². The van der Waals surface area contributed by atoms with Crippen molar-refractivity contribution >= 4 is 17.5 Å². The largest absolute Gasteiger partial charge is 0.491 e. The van der Waals surface area contributed by atoms with E-state index in [-0.39, 0.29) is 5.91 Å². The molecule has 0 unspecified atom stereocenters. The van der Waals surface area contributed by atoms with Crippen LogP contribution in [0.3, 0.4) is 0 Å². The van der Waals surface area contributed by atoms with Gasteiger partial charge in [-0.25, -0.2) is 0 Å². The SMILES string of the molecule is CC(C)CNC(=O)CCOc1ccccc1Cl. The number of nitrogens with one attached hydrogen (secondary N) is 1. The highest BCUT2D eigenvalue weighted by Gasteiger charge is 2.04. The second-order valence-corrected chi connectivity index (χ2v) is 4.63. The zero-order valence-corrected chi connectivity index (χ0v) is 11.0. The highest BCUT2D eigenvalue weighted by atomic mass is 35.5. The third-order valence-electron chi connectivity index (χ3n) is 2.13. The third-order valence-corrected chi connectivity index (χ3v) is 2.44. The fourth-order valence-electron chi connectivity index (χ4n) is 1.22. The second-order valence-electron chi connectivity index (χ2n) is 4.23. The quantitative estimate of drug-likeness (QED) is 0.849. The maximum atomic E-state index is 11.4. The Morgan fingerprint density at radius 2 is 2.12 bits per heavy atom. The van der Waals surface area contributed by atoms with E-state index in [0.717, 1.165) is 0 Å². The lowest BCUT2D eigenvalue weighted by Crippen LogP contribution is -2.28. The minimum absolute atomic E-state index is 0.00533. The Bertz CT molecular complexity index is 366. The van der Waals surface area contributed by atoms with Crippen molar-refractivity contribution in [3.05, 3.63) is 29.3 Å². The molecule has 0 saturated heterocycles. The van der Waals surface area contributed by atoms with Gasteiger partial charge in [0, 0.05) is 6.54 Å². The van der Waals surface area contributed by atoms with Crippen LogP contribution in [0.1, 0.15) is 20.3 Å². The van der Waals surface area contributed by atoms with Crippen LogP contribution in [0, 0.1) is 5.92 Å². The molecular formula is C13H18ClNO2. The number of benzene rings is 1. The number of halogens is 1. The smallest absolute Gasteiger partial charge is 0.223 e. The Balaban J connectivity index is 2.24. The number of hydrogen-bond donors (Lipinski definition) is 1. The molecule has 0 atom stereocenters. The van der Waals surface area contributed by atoms with Crippen molar-refractivity contribution < 1.29 is 9.53 Å². The van der Waals surface area contributed by atoms with Gasteiger partial charge in [0.25, 0.3) is 0 Å². The molecule has 1 aromatic rings. The van der Waals surface area contributed by atoms with E-state index in [9.17, 15) is 4.79 Å². The van der Waals surface area contributed by atoms with Gasteiger partial charge in [-0.15, -0.1) is 0 Å². The first-order chi connectivity index (χ1) is 8.09. The van der Waals surface area contributed by atoms with Gasteiger partial charge in [-0.1, -0.05) is 37.6 Å². The van der Waals surface area contributed by atoms with Crippen LogP contribution in [-0.4, -0.2) is 19.1 Å². The van der Waals surface area contributed by atoms with Crippen LogP contribution >= 0.6 is 11.6 Å². The molecule has 0 heterocycles. The first-order valence-electron chi connectivity index (χ1n) is 5.73. The molecule has 0 bridgehead atoms. The van der Waals surface area contributed by atoms with Crippen LogP contribution in [-0.2, 0) is 4.79 Å². The lowest BCUT2D eigenvalue weighted by molar-refractivity contribution is -0.121. The predicted octanol–water partition coefficient (Wildman–Crippen LogP) is 2.88. The lowest BCUT2D eigenvalue weighted by Gasteiger charge is -2.09. The summed E-state index contributed by atoms with van der Waals surface area (Å²) < 4.78 is 5.42. The molecule has 17 heavy (non-hydrogen) atoms. The number of ether oxygens (including phenoxy) is 1. The zero-order valence-electron chi connectivity index (χ0n) is 10.2. The summed E-state index contributed by atoms with van der Waals surface area (Å²) in [6, 6.07) is 7.23. The molecular weight excluding hydrogens is 238 g/mol. The summed E-state index contributed by atoms with van der Waals surface area (Å²) in [7, 11) is 0. The second kappa shape index (κ2) is 7.17. The minimum atomic E-state index is 0.00533. The van der Waals surface area contributed by atoms with E-state index < -0.39 is 0 Å². The van der Waals surface area contributed by atoms with Gasteiger partial charge in [0.15, 0.2) is 0 Å². The molecule has 1 rings (SSSR count). The van der Waals surface area contributed by atoms with Gasteiger partial charge in [0.1, 0.15) is 5.75 Å². The fraction of sp³-hybridized carbons (Fsp3) is 0.462.